The van der Waals surface area contributed by atoms with Gasteiger partial charge in [-0.25, -0.2) is 4.98 Å². The van der Waals surface area contributed by atoms with Crippen LogP contribution in [0.3, 0.4) is 0 Å². The zero-order valence-electron chi connectivity index (χ0n) is 18.8. The van der Waals surface area contributed by atoms with Crippen molar-refractivity contribution < 1.29 is 9.59 Å². The SMILES string of the molecule is CC(=O)N1CC[C@@H](C(=O)Nc2ccc3cc2CCc2cccc(c2)Nc2ncc(Cl)c(n2)N3)C1. The van der Waals surface area contributed by atoms with Gasteiger partial charge >= 0.3 is 0 Å². The summed E-state index contributed by atoms with van der Waals surface area (Å²) in [6.07, 6.45) is 3.76. The van der Waals surface area contributed by atoms with Crippen LogP contribution in [0.1, 0.15) is 24.5 Å². The van der Waals surface area contributed by atoms with E-state index in [0.717, 1.165) is 41.0 Å². The lowest BCUT2D eigenvalue weighted by atomic mass is 10.0. The third kappa shape index (κ3) is 4.82. The molecule has 8 nitrogen and oxygen atoms in total. The molecule has 1 aromatic heterocycles. The normalized spacial score (nSPS) is 16.9. The topological polar surface area (TPSA) is 99.3 Å². The van der Waals surface area contributed by atoms with E-state index in [9.17, 15) is 9.59 Å². The van der Waals surface area contributed by atoms with Crippen molar-refractivity contribution in [3.8, 4) is 0 Å². The molecule has 2 aromatic carbocycles. The fourth-order valence-electron chi connectivity index (χ4n) is 4.36. The van der Waals surface area contributed by atoms with Crippen LogP contribution in [0.4, 0.5) is 28.8 Å². The molecule has 2 aliphatic heterocycles. The number of amides is 2. The minimum absolute atomic E-state index is 0.00651. The quantitative estimate of drug-likeness (QED) is 0.503. The summed E-state index contributed by atoms with van der Waals surface area (Å²) in [6.45, 7) is 2.62. The van der Waals surface area contributed by atoms with Crippen molar-refractivity contribution in [2.45, 2.75) is 26.2 Å². The predicted octanol–water partition coefficient (Wildman–Crippen LogP) is 4.52. The number of hydrogen-bond donors (Lipinski definition) is 3. The number of benzene rings is 2. The molecule has 0 radical (unpaired) electrons. The van der Waals surface area contributed by atoms with Gasteiger partial charge in [-0.1, -0.05) is 23.7 Å². The molecular formula is C25H25ClN6O2. The number of nitrogens with one attached hydrogen (secondary N) is 3. The van der Waals surface area contributed by atoms with Crippen molar-refractivity contribution >= 4 is 52.2 Å². The molecule has 3 N–H and O–H groups in total. The number of aromatic nitrogens is 2. The summed E-state index contributed by atoms with van der Waals surface area (Å²) in [6, 6.07) is 13.9. The Morgan fingerprint density at radius 1 is 1.12 bits per heavy atom. The average Bonchev–Trinajstić information content (AvgIpc) is 3.32. The van der Waals surface area contributed by atoms with Crippen LogP contribution in [-0.2, 0) is 22.4 Å². The van der Waals surface area contributed by atoms with Gasteiger partial charge in [0.25, 0.3) is 0 Å². The number of hydrogen-bond acceptors (Lipinski definition) is 6. The van der Waals surface area contributed by atoms with Gasteiger partial charge in [0, 0.05) is 37.1 Å². The molecule has 0 spiro atoms. The molecule has 9 heteroatoms. The number of fused-ring (bicyclic) bond motifs is 6. The van der Waals surface area contributed by atoms with Crippen molar-refractivity contribution in [3.05, 3.63) is 64.8 Å². The Balaban J connectivity index is 1.45. The van der Waals surface area contributed by atoms with E-state index >= 15 is 0 Å². The zero-order chi connectivity index (χ0) is 23.7. The minimum atomic E-state index is -0.204. The van der Waals surface area contributed by atoms with Gasteiger partial charge in [-0.05, 0) is 60.7 Å². The molecule has 0 aliphatic carbocycles. The van der Waals surface area contributed by atoms with E-state index in [2.05, 4.69) is 38.1 Å². The van der Waals surface area contributed by atoms with Crippen LogP contribution in [-0.4, -0.2) is 39.8 Å². The van der Waals surface area contributed by atoms with Crippen molar-refractivity contribution in [1.82, 2.24) is 14.9 Å². The van der Waals surface area contributed by atoms with Crippen LogP contribution in [0, 0.1) is 5.92 Å². The number of nitrogens with zero attached hydrogens (tertiary/aromatic N) is 3. The highest BCUT2D eigenvalue weighted by molar-refractivity contribution is 6.32. The van der Waals surface area contributed by atoms with E-state index in [1.54, 1.807) is 18.0 Å². The summed E-state index contributed by atoms with van der Waals surface area (Å²) in [7, 11) is 0. The predicted molar refractivity (Wildman–Crippen MR) is 133 cm³/mol. The van der Waals surface area contributed by atoms with E-state index in [1.165, 1.54) is 0 Å². The van der Waals surface area contributed by atoms with Gasteiger partial charge in [0.2, 0.25) is 17.8 Å². The lowest BCUT2D eigenvalue weighted by Crippen LogP contribution is -2.30. The number of carbonyl (C=O) groups excluding carboxylic acids is 2. The fraction of sp³-hybridized carbons (Fsp3) is 0.280. The zero-order valence-corrected chi connectivity index (χ0v) is 19.5. The first-order valence-electron chi connectivity index (χ1n) is 11.3. The molecule has 5 rings (SSSR count). The molecule has 1 saturated heterocycles. The largest absolute Gasteiger partial charge is 0.342 e. The van der Waals surface area contributed by atoms with E-state index in [4.69, 9.17) is 11.6 Å². The minimum Gasteiger partial charge on any atom is -0.342 e. The average molecular weight is 477 g/mol. The summed E-state index contributed by atoms with van der Waals surface area (Å²) in [5.74, 6) is 0.686. The van der Waals surface area contributed by atoms with Crippen LogP contribution in [0.15, 0.2) is 48.7 Å². The van der Waals surface area contributed by atoms with Crippen LogP contribution in [0.2, 0.25) is 5.02 Å². The first kappa shape index (κ1) is 22.2. The summed E-state index contributed by atoms with van der Waals surface area (Å²) < 4.78 is 0. The van der Waals surface area contributed by atoms with E-state index < -0.39 is 0 Å². The summed E-state index contributed by atoms with van der Waals surface area (Å²) >= 11 is 6.34. The molecule has 2 aliphatic rings. The van der Waals surface area contributed by atoms with Gasteiger partial charge < -0.3 is 20.9 Å². The van der Waals surface area contributed by atoms with Crippen molar-refractivity contribution in [1.29, 1.82) is 0 Å². The molecule has 3 heterocycles. The Morgan fingerprint density at radius 2 is 1.97 bits per heavy atom. The fourth-order valence-corrected chi connectivity index (χ4v) is 4.50. The first-order valence-corrected chi connectivity index (χ1v) is 11.7. The molecule has 34 heavy (non-hydrogen) atoms. The highest BCUT2D eigenvalue weighted by Gasteiger charge is 2.30. The summed E-state index contributed by atoms with van der Waals surface area (Å²) in [5.41, 5.74) is 4.64. The second-order valence-corrected chi connectivity index (χ2v) is 9.06. The van der Waals surface area contributed by atoms with Crippen LogP contribution >= 0.6 is 11.6 Å². The maximum atomic E-state index is 13.0. The first-order chi connectivity index (χ1) is 16.4. The van der Waals surface area contributed by atoms with E-state index in [1.807, 2.05) is 30.3 Å². The second kappa shape index (κ2) is 9.30. The van der Waals surface area contributed by atoms with Gasteiger partial charge in [0.05, 0.1) is 12.1 Å². The standard InChI is InChI=1S/C25H25ClN6O2/c1-15(33)32-10-9-18(14-32)24(34)30-22-8-7-20-12-17(22)6-5-16-3-2-4-19(11-16)29-25-27-13-21(26)23(28-20)31-25/h2-4,7-8,11-13,18H,5-6,9-10,14H2,1H3,(H,30,34)(H2,27,28,29,31)/t18-/m1/s1. The highest BCUT2D eigenvalue weighted by atomic mass is 35.5. The Labute approximate surface area is 202 Å². The molecule has 1 atom stereocenters. The number of halogens is 1. The van der Waals surface area contributed by atoms with Gasteiger partial charge in [0.1, 0.15) is 5.02 Å². The van der Waals surface area contributed by atoms with Gasteiger partial charge in [0.15, 0.2) is 5.82 Å². The monoisotopic (exact) mass is 476 g/mol. The van der Waals surface area contributed by atoms with Crippen molar-refractivity contribution in [2.24, 2.45) is 5.92 Å². The smallest absolute Gasteiger partial charge is 0.229 e. The lowest BCUT2D eigenvalue weighted by Gasteiger charge is -2.17. The van der Waals surface area contributed by atoms with Gasteiger partial charge in [-0.2, -0.15) is 4.98 Å². The van der Waals surface area contributed by atoms with Crippen LogP contribution in [0.5, 0.6) is 0 Å². The number of likely N-dealkylation sites (tertiary alicyclic amines) is 1. The highest BCUT2D eigenvalue weighted by Crippen LogP contribution is 2.30. The molecule has 0 saturated carbocycles. The van der Waals surface area contributed by atoms with Crippen molar-refractivity contribution in [3.63, 3.8) is 0 Å². The second-order valence-electron chi connectivity index (χ2n) is 8.65. The third-order valence-electron chi connectivity index (χ3n) is 6.24. The Bertz CT molecular complexity index is 1260. The molecule has 174 valence electrons. The number of carbonyl (C=O) groups is 2. The third-order valence-corrected chi connectivity index (χ3v) is 6.52. The molecule has 3 aromatic rings. The van der Waals surface area contributed by atoms with Crippen LogP contribution < -0.4 is 16.0 Å². The van der Waals surface area contributed by atoms with Crippen molar-refractivity contribution in [2.75, 3.05) is 29.0 Å². The number of aryl methyl sites for hydroxylation is 2. The Kier molecular flexibility index (Phi) is 6.06. The molecule has 0 unspecified atom stereocenters. The maximum Gasteiger partial charge on any atom is 0.229 e. The lowest BCUT2D eigenvalue weighted by molar-refractivity contribution is -0.128. The van der Waals surface area contributed by atoms with Crippen LogP contribution in [0.25, 0.3) is 0 Å². The maximum absolute atomic E-state index is 13.0. The van der Waals surface area contributed by atoms with Gasteiger partial charge in [-0.15, -0.1) is 0 Å². The van der Waals surface area contributed by atoms with Gasteiger partial charge in [-0.3, -0.25) is 9.59 Å². The van der Waals surface area contributed by atoms with E-state index in [0.29, 0.717) is 36.3 Å². The number of anilines is 5. The Hall–Kier alpha value is -3.65. The summed E-state index contributed by atoms with van der Waals surface area (Å²) in [4.78, 5) is 35.1. The Morgan fingerprint density at radius 3 is 2.79 bits per heavy atom. The molecular weight excluding hydrogens is 452 g/mol. The molecule has 1 fully saturated rings. The van der Waals surface area contributed by atoms with E-state index in [-0.39, 0.29) is 17.7 Å². The molecule has 2 amide bonds. The summed E-state index contributed by atoms with van der Waals surface area (Å²) in [5, 5.41) is 10.0. The number of rotatable bonds is 2. The molecule has 6 bridgehead atoms.